The largest absolute Gasteiger partial charge is 0.304 e. The van der Waals surface area contributed by atoms with Gasteiger partial charge in [-0.3, -0.25) is 0 Å². The second-order valence-corrected chi connectivity index (χ2v) is 11.0. The Hall–Kier alpha value is -0.113. The first-order valence-electron chi connectivity index (χ1n) is 5.33. The van der Waals surface area contributed by atoms with Crippen molar-refractivity contribution < 1.29 is 4.79 Å². The summed E-state index contributed by atoms with van der Waals surface area (Å²) in [7, 11) is -1.40. The zero-order valence-electron chi connectivity index (χ0n) is 9.92. The lowest BCUT2D eigenvalue weighted by Crippen LogP contribution is -2.44. The van der Waals surface area contributed by atoms with Crippen molar-refractivity contribution in [1.29, 1.82) is 0 Å². The highest BCUT2D eigenvalue weighted by molar-refractivity contribution is 6.85. The molecule has 0 bridgehead atoms. The van der Waals surface area contributed by atoms with Crippen LogP contribution in [0.25, 0.3) is 0 Å². The molecular weight excluding hydrogens is 176 g/mol. The van der Waals surface area contributed by atoms with Gasteiger partial charge in [0, 0.05) is 0 Å². The summed E-state index contributed by atoms with van der Waals surface area (Å²) in [4.78, 5) is 10.8. The van der Waals surface area contributed by atoms with Gasteiger partial charge in [-0.05, 0) is 6.04 Å². The molecule has 0 aromatic heterocycles. The Morgan fingerprint density at radius 2 is 1.23 bits per heavy atom. The summed E-state index contributed by atoms with van der Waals surface area (Å²) >= 11 is 0. The van der Waals surface area contributed by atoms with E-state index < -0.39 is 8.07 Å². The van der Waals surface area contributed by atoms with Gasteiger partial charge < -0.3 is 4.79 Å². The summed E-state index contributed by atoms with van der Waals surface area (Å²) in [6.07, 6.45) is 1.15. The van der Waals surface area contributed by atoms with Crippen molar-refractivity contribution in [3.05, 3.63) is 0 Å². The van der Waals surface area contributed by atoms with Gasteiger partial charge in [0.1, 0.15) is 6.29 Å². The van der Waals surface area contributed by atoms with Crippen molar-refractivity contribution in [1.82, 2.24) is 0 Å². The molecule has 0 N–H and O–H groups in total. The van der Waals surface area contributed by atoms with Crippen LogP contribution in [-0.4, -0.2) is 14.4 Å². The summed E-state index contributed by atoms with van der Waals surface area (Å²) in [6, 6.07) is 0.833. The van der Waals surface area contributed by atoms with Crippen LogP contribution in [0.4, 0.5) is 0 Å². The fourth-order valence-corrected chi connectivity index (χ4v) is 8.55. The van der Waals surface area contributed by atoms with Gasteiger partial charge >= 0.3 is 0 Å². The van der Waals surface area contributed by atoms with Crippen LogP contribution in [0.1, 0.15) is 41.5 Å². The van der Waals surface area contributed by atoms with Crippen LogP contribution in [0, 0.1) is 0 Å². The Balaban J connectivity index is 4.92. The molecule has 0 aromatic rings. The fourth-order valence-electron chi connectivity index (χ4n) is 2.85. The molecule has 0 heterocycles. The minimum absolute atomic E-state index is 0.706. The lowest BCUT2D eigenvalue weighted by molar-refractivity contribution is -0.106. The van der Waals surface area contributed by atoms with E-state index in [2.05, 4.69) is 41.5 Å². The number of aldehydes is 1. The van der Waals surface area contributed by atoms with Crippen LogP contribution in [0.5, 0.6) is 0 Å². The Labute approximate surface area is 83.9 Å². The topological polar surface area (TPSA) is 17.1 Å². The van der Waals surface area contributed by atoms with Gasteiger partial charge in [0.2, 0.25) is 0 Å². The highest BCUT2D eigenvalue weighted by Crippen LogP contribution is 2.43. The van der Waals surface area contributed by atoms with Crippen molar-refractivity contribution in [2.45, 2.75) is 64.2 Å². The lowest BCUT2D eigenvalue weighted by atomic mass is 10.5. The Morgan fingerprint density at radius 3 is 1.31 bits per heavy atom. The third-order valence-corrected chi connectivity index (χ3v) is 11.0. The van der Waals surface area contributed by atoms with E-state index in [1.165, 1.54) is 0 Å². The maximum absolute atomic E-state index is 10.8. The number of hydrogen-bond acceptors (Lipinski definition) is 1. The van der Waals surface area contributed by atoms with E-state index in [1.807, 2.05) is 0 Å². The van der Waals surface area contributed by atoms with Crippen LogP contribution in [0.3, 0.4) is 0 Å². The molecule has 0 unspecified atom stereocenters. The van der Waals surface area contributed by atoms with Crippen molar-refractivity contribution >= 4 is 14.4 Å². The summed E-state index contributed by atoms with van der Waals surface area (Å²) < 4.78 is 0. The van der Waals surface area contributed by atoms with Crippen LogP contribution < -0.4 is 0 Å². The average molecular weight is 200 g/mol. The molecule has 1 nitrogen and oxygen atoms in total. The summed E-state index contributed by atoms with van der Waals surface area (Å²) in [5.41, 5.74) is 2.12. The van der Waals surface area contributed by atoms with E-state index in [4.69, 9.17) is 0 Å². The highest BCUT2D eigenvalue weighted by atomic mass is 28.3. The molecule has 0 aliphatic carbocycles. The van der Waals surface area contributed by atoms with E-state index in [-0.39, 0.29) is 0 Å². The third kappa shape index (κ3) is 2.43. The van der Waals surface area contributed by atoms with Crippen LogP contribution >= 0.6 is 0 Å². The van der Waals surface area contributed by atoms with Gasteiger partial charge in [0.25, 0.3) is 0 Å². The molecule has 0 fully saturated rings. The first kappa shape index (κ1) is 12.9. The van der Waals surface area contributed by atoms with Gasteiger partial charge in [-0.25, -0.2) is 0 Å². The number of carbonyl (C=O) groups is 1. The molecule has 0 saturated carbocycles. The van der Waals surface area contributed by atoms with E-state index >= 15 is 0 Å². The molecule has 2 heteroatoms. The zero-order chi connectivity index (χ0) is 10.6. The van der Waals surface area contributed by atoms with Crippen molar-refractivity contribution in [2.24, 2.45) is 0 Å². The lowest BCUT2D eigenvalue weighted by Gasteiger charge is -2.41. The van der Waals surface area contributed by atoms with Gasteiger partial charge in [-0.2, -0.15) is 0 Å². The van der Waals surface area contributed by atoms with E-state index in [0.717, 1.165) is 12.3 Å². The molecule has 0 atom stereocenters. The first-order chi connectivity index (χ1) is 5.89. The standard InChI is InChI=1S/C11H24OSi/c1-9(2)13(8-7-12,10(3)4)11(5)6/h7,9-11H,8H2,1-6H3. The average Bonchev–Trinajstić information content (AvgIpc) is 1.97. The smallest absolute Gasteiger partial charge is 0.117 e. The Morgan fingerprint density at radius 1 is 0.923 bits per heavy atom. The molecular formula is C11H24OSi. The molecule has 0 aromatic carbocycles. The van der Waals surface area contributed by atoms with Gasteiger partial charge in [0.15, 0.2) is 0 Å². The van der Waals surface area contributed by atoms with Crippen LogP contribution in [-0.2, 0) is 4.79 Å². The highest BCUT2D eigenvalue weighted by Gasteiger charge is 2.41. The Bertz CT molecular complexity index is 140. The van der Waals surface area contributed by atoms with Crippen molar-refractivity contribution in [3.8, 4) is 0 Å². The Kier molecular flexibility index (Phi) is 4.90. The van der Waals surface area contributed by atoms with Crippen LogP contribution in [0.2, 0.25) is 22.7 Å². The SMILES string of the molecule is CC(C)[Si](CC=O)(C(C)C)C(C)C. The molecule has 0 spiro atoms. The number of hydrogen-bond donors (Lipinski definition) is 0. The summed E-state index contributed by atoms with van der Waals surface area (Å²) in [6.45, 7) is 13.7. The van der Waals surface area contributed by atoms with Crippen molar-refractivity contribution in [2.75, 3.05) is 0 Å². The summed E-state index contributed by atoms with van der Waals surface area (Å²) in [5, 5.41) is 0. The molecule has 0 radical (unpaired) electrons. The third-order valence-electron chi connectivity index (χ3n) is 3.66. The summed E-state index contributed by atoms with van der Waals surface area (Å²) in [5.74, 6) is 0. The number of rotatable bonds is 5. The zero-order valence-corrected chi connectivity index (χ0v) is 10.9. The molecule has 0 amide bonds. The van der Waals surface area contributed by atoms with Crippen LogP contribution in [0.15, 0.2) is 0 Å². The van der Waals surface area contributed by atoms with Crippen molar-refractivity contribution in [3.63, 3.8) is 0 Å². The predicted molar refractivity (Wildman–Crippen MR) is 61.9 cm³/mol. The fraction of sp³-hybridized carbons (Fsp3) is 0.909. The maximum Gasteiger partial charge on any atom is 0.117 e. The minimum atomic E-state index is -1.40. The number of carbonyl (C=O) groups excluding carboxylic acids is 1. The normalized spacial score (nSPS) is 13.0. The second kappa shape index (κ2) is 4.94. The van der Waals surface area contributed by atoms with Gasteiger partial charge in [0.05, 0.1) is 8.07 Å². The molecule has 0 rings (SSSR count). The predicted octanol–water partition coefficient (Wildman–Crippen LogP) is 3.86. The molecule has 78 valence electrons. The first-order valence-corrected chi connectivity index (χ1v) is 7.77. The monoisotopic (exact) mass is 200 g/mol. The van der Waals surface area contributed by atoms with E-state index in [0.29, 0.717) is 16.6 Å². The quantitative estimate of drug-likeness (QED) is 0.486. The van der Waals surface area contributed by atoms with E-state index in [9.17, 15) is 4.79 Å². The maximum atomic E-state index is 10.8. The molecule has 13 heavy (non-hydrogen) atoms. The minimum Gasteiger partial charge on any atom is -0.304 e. The molecule has 0 aliphatic rings. The second-order valence-electron chi connectivity index (χ2n) is 4.95. The van der Waals surface area contributed by atoms with E-state index in [1.54, 1.807) is 0 Å². The van der Waals surface area contributed by atoms with Gasteiger partial charge in [-0.15, -0.1) is 0 Å². The van der Waals surface area contributed by atoms with Gasteiger partial charge in [-0.1, -0.05) is 58.2 Å². The molecule has 0 aliphatic heterocycles. The molecule has 0 saturated heterocycles.